The van der Waals surface area contributed by atoms with E-state index in [1.807, 2.05) is 0 Å². The van der Waals surface area contributed by atoms with Crippen LogP contribution < -0.4 is 34.3 Å². The van der Waals surface area contributed by atoms with Gasteiger partial charge in [-0.05, 0) is 12.1 Å². The normalized spacial score (nSPS) is 32.2. The highest BCUT2D eigenvalue weighted by Crippen LogP contribution is 2.52. The molecule has 14 N–H and O–H groups in total. The van der Waals surface area contributed by atoms with E-state index >= 15 is 0 Å². The van der Waals surface area contributed by atoms with Gasteiger partial charge in [0.15, 0.2) is 30.1 Å². The first kappa shape index (κ1) is 45.7. The minimum atomic E-state index is -5.45. The fourth-order valence-electron chi connectivity index (χ4n) is 6.70. The van der Waals surface area contributed by atoms with Crippen LogP contribution in [-0.4, -0.2) is 143 Å². The molecule has 7 heterocycles. The zero-order chi connectivity index (χ0) is 44.8. The van der Waals surface area contributed by atoms with Crippen molar-refractivity contribution in [3.63, 3.8) is 0 Å². The number of rotatable bonds is 16. The van der Waals surface area contributed by atoms with Crippen molar-refractivity contribution in [2.45, 2.75) is 73.6 Å². The second-order valence-corrected chi connectivity index (χ2v) is 17.2. The van der Waals surface area contributed by atoms with Gasteiger partial charge in [0.1, 0.15) is 78.9 Å². The molecule has 15 atom stereocenters. The summed E-state index contributed by atoms with van der Waals surface area (Å²) in [6.45, 7) is -2.76. The van der Waals surface area contributed by atoms with Gasteiger partial charge < -0.3 is 62.3 Å². The molecular formula is C28H38N12O19P3+. The second kappa shape index (κ2) is 18.0. The Balaban J connectivity index is 1.06. The van der Waals surface area contributed by atoms with Gasteiger partial charge in [-0.3, -0.25) is 31.8 Å². The van der Waals surface area contributed by atoms with Gasteiger partial charge >= 0.3 is 35.3 Å². The van der Waals surface area contributed by atoms with Crippen molar-refractivity contribution < 1.29 is 80.5 Å². The van der Waals surface area contributed by atoms with Crippen LogP contribution in [0.25, 0.3) is 11.2 Å². The SMILES string of the molecule is Nc1ccn([C@@H]2O[C@H](CO[P+](=O)O)[C@@H](OP(=O)(O)OC[C@H]3O[C@@H](n4ccc(N)nc4=O)[C@H](O)[C@@H]3OP(=O)(O)OC[C@H]3O[C@@H](n4cnc5c(N)ncnc54)[C@H](O)[C@@H]3N)[C@H]2O)c(=O)n1. The van der Waals surface area contributed by atoms with Gasteiger partial charge in [0, 0.05) is 17.0 Å². The van der Waals surface area contributed by atoms with Crippen LogP contribution in [0.1, 0.15) is 18.7 Å². The summed E-state index contributed by atoms with van der Waals surface area (Å²) in [6.07, 6.45) is -14.2. The zero-order valence-electron chi connectivity index (χ0n) is 31.2. The Morgan fingerprint density at radius 2 is 1.21 bits per heavy atom. The van der Waals surface area contributed by atoms with Crippen molar-refractivity contribution in [2.75, 3.05) is 37.0 Å². The Morgan fingerprint density at radius 3 is 1.73 bits per heavy atom. The van der Waals surface area contributed by atoms with Crippen LogP contribution in [-0.2, 0) is 50.5 Å². The maximum Gasteiger partial charge on any atom is 0.694 e. The number of fused-ring (bicyclic) bond motifs is 1. The molecule has 0 bridgehead atoms. The Kier molecular flexibility index (Phi) is 13.3. The number of hydrogen-bond acceptors (Lipinski definition) is 25. The smallest absolute Gasteiger partial charge is 0.387 e. The molecule has 3 fully saturated rings. The molecule has 0 spiro atoms. The lowest BCUT2D eigenvalue weighted by atomic mass is 10.1. The van der Waals surface area contributed by atoms with Gasteiger partial charge in [0.25, 0.3) is 0 Å². The number of nitrogens with two attached hydrogens (primary N) is 4. The number of imidazole rings is 1. The predicted octanol–water partition coefficient (Wildman–Crippen LogP) is -4.14. The Bertz CT molecular complexity index is 2520. The monoisotopic (exact) mass is 939 g/mol. The van der Waals surface area contributed by atoms with E-state index in [1.54, 1.807) is 0 Å². The molecule has 7 rings (SSSR count). The van der Waals surface area contributed by atoms with E-state index in [-0.39, 0.29) is 28.6 Å². The Morgan fingerprint density at radius 1 is 0.726 bits per heavy atom. The highest BCUT2D eigenvalue weighted by atomic mass is 31.2. The number of aliphatic hydroxyl groups is 3. The number of nitrogens with zero attached hydrogens (tertiary/aromatic N) is 8. The molecule has 0 saturated carbocycles. The van der Waals surface area contributed by atoms with Gasteiger partial charge in [0.2, 0.25) is 0 Å². The molecule has 3 saturated heterocycles. The third-order valence-corrected chi connectivity index (χ3v) is 12.0. The number of aliphatic hydroxyl groups excluding tert-OH is 3. The number of nitrogen functional groups attached to an aromatic ring is 3. The summed E-state index contributed by atoms with van der Waals surface area (Å²) in [5.74, 6) is -0.366. The molecular weight excluding hydrogens is 901 g/mol. The van der Waals surface area contributed by atoms with Gasteiger partial charge in [-0.15, -0.1) is 9.42 Å². The molecule has 34 heteroatoms. The maximum absolute atomic E-state index is 13.4. The average molecular weight is 940 g/mol. The molecule has 4 aromatic heterocycles. The Labute approximate surface area is 345 Å². The van der Waals surface area contributed by atoms with Crippen LogP contribution in [0.3, 0.4) is 0 Å². The third-order valence-electron chi connectivity index (χ3n) is 9.62. The molecule has 0 amide bonds. The van der Waals surface area contributed by atoms with Crippen LogP contribution in [0, 0.1) is 0 Å². The topological polar surface area (TPSA) is 464 Å². The fourth-order valence-corrected chi connectivity index (χ4v) is 8.91. The highest BCUT2D eigenvalue weighted by Gasteiger charge is 2.53. The lowest BCUT2D eigenvalue weighted by Crippen LogP contribution is -2.41. The van der Waals surface area contributed by atoms with Crippen LogP contribution in [0.5, 0.6) is 0 Å². The summed E-state index contributed by atoms with van der Waals surface area (Å²) in [5, 5.41) is 33.3. The third kappa shape index (κ3) is 9.60. The number of anilines is 3. The van der Waals surface area contributed by atoms with Crippen molar-refractivity contribution >= 4 is 52.5 Å². The molecule has 3 unspecified atom stereocenters. The zero-order valence-corrected chi connectivity index (χ0v) is 33.9. The summed E-state index contributed by atoms with van der Waals surface area (Å²) in [5.41, 5.74) is 21.4. The summed E-state index contributed by atoms with van der Waals surface area (Å²) >= 11 is 0. The standard InChI is InChI=1S/C28H37N12O19P3/c29-13-1-3-38(27(44)36-13)25-18(42)20(11(56-25)5-52-60(46)47)58-62(50,51)54-7-12-21(19(43)26(57-12)39-4-2-14(30)37-28(39)45)59-61(48,49)53-6-10-15(31)17(41)24(55-10)40-9-35-16-22(32)33-8-34-23(16)40/h1-4,8-12,15,17-21,24-26,41-43H,5-7,31H2,(H8-,29,30,32,33,34,36,37,44,45,46,47,48,49,50,51)/p+1/t10-,11-,12-,15-,17-,18-,19-,20-,21-,24-,25-,26-/m1/s1. The van der Waals surface area contributed by atoms with Crippen LogP contribution in [0.4, 0.5) is 17.5 Å². The molecule has 0 aromatic carbocycles. The van der Waals surface area contributed by atoms with E-state index in [0.29, 0.717) is 0 Å². The molecule has 3 aliphatic heterocycles. The first-order valence-corrected chi connectivity index (χ1v) is 21.8. The number of aromatic nitrogens is 8. The van der Waals surface area contributed by atoms with Crippen LogP contribution in [0.15, 0.2) is 46.8 Å². The number of phosphoric acid groups is 2. The summed E-state index contributed by atoms with van der Waals surface area (Å²) in [4.78, 5) is 75.1. The van der Waals surface area contributed by atoms with Crippen molar-refractivity contribution in [2.24, 2.45) is 5.73 Å². The van der Waals surface area contributed by atoms with Gasteiger partial charge in [0.05, 0.1) is 25.6 Å². The molecule has 4 aromatic rings. The molecule has 338 valence electrons. The number of phosphoric ester groups is 2. The maximum atomic E-state index is 13.4. The second-order valence-electron chi connectivity index (χ2n) is 13.6. The van der Waals surface area contributed by atoms with E-state index in [0.717, 1.165) is 33.9 Å². The van der Waals surface area contributed by atoms with E-state index in [9.17, 15) is 53.3 Å². The molecule has 31 nitrogen and oxygen atoms in total. The fraction of sp³-hybridized carbons (Fsp3) is 0.536. The van der Waals surface area contributed by atoms with E-state index in [1.165, 1.54) is 17.0 Å². The van der Waals surface area contributed by atoms with Crippen LogP contribution >= 0.6 is 23.9 Å². The highest BCUT2D eigenvalue weighted by molar-refractivity contribution is 7.47. The van der Waals surface area contributed by atoms with Gasteiger partial charge in [-0.1, -0.05) is 0 Å². The number of ether oxygens (including phenoxy) is 3. The first-order chi connectivity index (χ1) is 29.2. The molecule has 3 aliphatic rings. The lowest BCUT2D eigenvalue weighted by Gasteiger charge is -2.25. The minimum absolute atomic E-state index is 0.0421. The first-order valence-electron chi connectivity index (χ1n) is 17.7. The average Bonchev–Trinajstić information content (AvgIpc) is 3.92. The Hall–Kier alpha value is -4.33. The van der Waals surface area contributed by atoms with Gasteiger partial charge in [-0.25, -0.2) is 33.7 Å². The van der Waals surface area contributed by atoms with E-state index in [2.05, 4.69) is 29.4 Å². The lowest BCUT2D eigenvalue weighted by molar-refractivity contribution is -0.0619. The van der Waals surface area contributed by atoms with E-state index < -0.39 is 129 Å². The van der Waals surface area contributed by atoms with Crippen molar-refractivity contribution in [3.05, 3.63) is 58.1 Å². The number of hydrogen-bond donors (Lipinski definition) is 10. The largest absolute Gasteiger partial charge is 0.694 e. The molecule has 0 radical (unpaired) electrons. The van der Waals surface area contributed by atoms with Crippen molar-refractivity contribution in [1.82, 2.24) is 38.6 Å². The van der Waals surface area contributed by atoms with E-state index in [4.69, 9.17) is 55.2 Å². The van der Waals surface area contributed by atoms with Crippen LogP contribution in [0.2, 0.25) is 0 Å². The van der Waals surface area contributed by atoms with Gasteiger partial charge in [-0.2, -0.15) is 9.97 Å². The molecule has 0 aliphatic carbocycles. The quantitative estimate of drug-likeness (QED) is 0.0477. The summed E-state index contributed by atoms with van der Waals surface area (Å²) in [6, 6.07) is 1.09. The minimum Gasteiger partial charge on any atom is -0.387 e. The predicted molar refractivity (Wildman–Crippen MR) is 200 cm³/mol. The van der Waals surface area contributed by atoms with Crippen molar-refractivity contribution in [3.8, 4) is 0 Å². The van der Waals surface area contributed by atoms with Crippen molar-refractivity contribution in [1.29, 1.82) is 0 Å². The molecule has 62 heavy (non-hydrogen) atoms. The summed E-state index contributed by atoms with van der Waals surface area (Å²) < 4.78 is 83.3. The summed E-state index contributed by atoms with van der Waals surface area (Å²) in [7, 11) is -14.1.